The number of aromatic amines is 1. The zero-order chi connectivity index (χ0) is 21.3. The molecule has 30 heavy (non-hydrogen) atoms. The van der Waals surface area contributed by atoms with Crippen LogP contribution in [0.15, 0.2) is 42.7 Å². The third kappa shape index (κ3) is 4.81. The Morgan fingerprint density at radius 2 is 2.17 bits per heavy atom. The normalized spacial score (nSPS) is 19.3. The van der Waals surface area contributed by atoms with Crippen molar-refractivity contribution in [3.8, 4) is 16.5 Å². The van der Waals surface area contributed by atoms with Crippen LogP contribution in [-0.4, -0.2) is 33.6 Å². The maximum Gasteiger partial charge on any atom is 0.422 e. The van der Waals surface area contributed by atoms with E-state index in [-0.39, 0.29) is 28.8 Å². The average Bonchev–Trinajstić information content (AvgIpc) is 3.14. The summed E-state index contributed by atoms with van der Waals surface area (Å²) in [5, 5.41) is 3.09. The zero-order valence-corrected chi connectivity index (χ0v) is 16.8. The molecule has 3 aromatic rings. The van der Waals surface area contributed by atoms with Gasteiger partial charge in [0, 0.05) is 29.1 Å². The molecular weight excluding hydrogens is 417 g/mol. The van der Waals surface area contributed by atoms with Crippen molar-refractivity contribution in [3.63, 3.8) is 0 Å². The van der Waals surface area contributed by atoms with Gasteiger partial charge in [0.25, 0.3) is 0 Å². The number of thiophene rings is 1. The molecule has 3 aromatic heterocycles. The van der Waals surface area contributed by atoms with Crippen molar-refractivity contribution in [3.05, 3.63) is 53.4 Å². The molecule has 158 valence electrons. The fourth-order valence-corrected chi connectivity index (χ4v) is 4.01. The maximum atomic E-state index is 12.6. The van der Waals surface area contributed by atoms with Crippen LogP contribution in [0.5, 0.6) is 5.06 Å². The van der Waals surface area contributed by atoms with Crippen LogP contribution in [0.2, 0.25) is 0 Å². The van der Waals surface area contributed by atoms with E-state index in [1.54, 1.807) is 25.4 Å². The van der Waals surface area contributed by atoms with Crippen LogP contribution in [0.3, 0.4) is 0 Å². The van der Waals surface area contributed by atoms with Crippen LogP contribution in [0.25, 0.3) is 11.4 Å². The number of amides is 1. The first-order chi connectivity index (χ1) is 14.3. The molecule has 0 unspecified atom stereocenters. The molecular formula is C20H19F3N4O2S. The van der Waals surface area contributed by atoms with Crippen molar-refractivity contribution < 1.29 is 22.7 Å². The Hall–Kier alpha value is -2.88. The van der Waals surface area contributed by atoms with Crippen molar-refractivity contribution >= 4 is 17.2 Å². The average molecular weight is 436 g/mol. The Labute approximate surface area is 174 Å². The molecule has 0 radical (unpaired) electrons. The lowest BCUT2D eigenvalue weighted by molar-refractivity contribution is -0.152. The number of H-pyrrole nitrogens is 1. The summed E-state index contributed by atoms with van der Waals surface area (Å²) in [6.07, 6.45) is -0.213. The number of halogens is 3. The minimum Gasteiger partial charge on any atom is -0.475 e. The Morgan fingerprint density at radius 1 is 1.33 bits per heavy atom. The Morgan fingerprint density at radius 3 is 2.90 bits per heavy atom. The van der Waals surface area contributed by atoms with Gasteiger partial charge in [0.2, 0.25) is 5.91 Å². The lowest BCUT2D eigenvalue weighted by Crippen LogP contribution is -2.28. The van der Waals surface area contributed by atoms with E-state index in [4.69, 9.17) is 4.74 Å². The summed E-state index contributed by atoms with van der Waals surface area (Å²) in [4.78, 5) is 25.2. The highest BCUT2D eigenvalue weighted by atomic mass is 32.1. The molecule has 3 atom stereocenters. The van der Waals surface area contributed by atoms with Gasteiger partial charge in [0.1, 0.15) is 11.5 Å². The lowest BCUT2D eigenvalue weighted by Gasteiger charge is -2.12. The van der Waals surface area contributed by atoms with Gasteiger partial charge < -0.3 is 15.0 Å². The molecule has 1 aliphatic carbocycles. The van der Waals surface area contributed by atoms with Gasteiger partial charge in [-0.2, -0.15) is 13.2 Å². The largest absolute Gasteiger partial charge is 0.475 e. The molecule has 6 nitrogen and oxygen atoms in total. The molecule has 0 saturated heterocycles. The molecule has 0 spiro atoms. The summed E-state index contributed by atoms with van der Waals surface area (Å²) in [6, 6.07) is 8.40. The SMILES string of the molecule is C[C@@H](NC(=O)[C@@H]1C[C@H]1c1nc(-c2ccccn2)c[nH]1)c1ccc(OCC(F)(F)F)s1. The molecule has 0 bridgehead atoms. The van der Waals surface area contributed by atoms with Crippen molar-refractivity contribution in [2.45, 2.75) is 31.5 Å². The fourth-order valence-electron chi connectivity index (χ4n) is 3.15. The van der Waals surface area contributed by atoms with Gasteiger partial charge in [0.15, 0.2) is 11.7 Å². The molecule has 1 fully saturated rings. The molecule has 1 amide bonds. The summed E-state index contributed by atoms with van der Waals surface area (Å²) < 4.78 is 41.5. The highest BCUT2D eigenvalue weighted by molar-refractivity contribution is 7.13. The second-order valence-corrected chi connectivity index (χ2v) is 8.20. The smallest absolute Gasteiger partial charge is 0.422 e. The first kappa shape index (κ1) is 20.4. The Bertz CT molecular complexity index is 1020. The summed E-state index contributed by atoms with van der Waals surface area (Å²) >= 11 is 1.09. The van der Waals surface area contributed by atoms with E-state index in [0.29, 0.717) is 6.42 Å². The number of alkyl halides is 3. The van der Waals surface area contributed by atoms with Gasteiger partial charge in [-0.25, -0.2) is 4.98 Å². The van der Waals surface area contributed by atoms with Gasteiger partial charge in [0.05, 0.1) is 11.7 Å². The van der Waals surface area contributed by atoms with Crippen LogP contribution in [-0.2, 0) is 4.79 Å². The number of hydrogen-bond acceptors (Lipinski definition) is 5. The van der Waals surface area contributed by atoms with Gasteiger partial charge in [-0.15, -0.1) is 11.3 Å². The minimum absolute atomic E-state index is 0.0173. The Kier molecular flexibility index (Phi) is 5.50. The van der Waals surface area contributed by atoms with Crippen LogP contribution >= 0.6 is 11.3 Å². The molecule has 10 heteroatoms. The number of imidazole rings is 1. The van der Waals surface area contributed by atoms with Gasteiger partial charge in [-0.05, 0) is 37.6 Å². The monoisotopic (exact) mass is 436 g/mol. The molecule has 3 heterocycles. The van der Waals surface area contributed by atoms with Crippen molar-refractivity contribution in [1.29, 1.82) is 0 Å². The number of carbonyl (C=O) groups excluding carboxylic acids is 1. The number of aromatic nitrogens is 3. The van der Waals surface area contributed by atoms with Gasteiger partial charge in [-0.3, -0.25) is 9.78 Å². The number of carbonyl (C=O) groups is 1. The van der Waals surface area contributed by atoms with Crippen LogP contribution in [0.1, 0.15) is 36.0 Å². The van der Waals surface area contributed by atoms with E-state index in [2.05, 4.69) is 20.3 Å². The minimum atomic E-state index is -4.38. The summed E-state index contributed by atoms with van der Waals surface area (Å²) in [7, 11) is 0. The third-order valence-corrected chi connectivity index (χ3v) is 5.95. The van der Waals surface area contributed by atoms with Gasteiger partial charge in [-0.1, -0.05) is 6.07 Å². The van der Waals surface area contributed by atoms with E-state index < -0.39 is 12.8 Å². The van der Waals surface area contributed by atoms with Crippen LogP contribution in [0.4, 0.5) is 13.2 Å². The molecule has 0 aromatic carbocycles. The van der Waals surface area contributed by atoms with Gasteiger partial charge >= 0.3 is 6.18 Å². The maximum absolute atomic E-state index is 12.6. The highest BCUT2D eigenvalue weighted by Crippen LogP contribution is 2.47. The van der Waals surface area contributed by atoms with Crippen LogP contribution in [0, 0.1) is 5.92 Å². The topological polar surface area (TPSA) is 79.9 Å². The fraction of sp³-hybridized carbons (Fsp3) is 0.350. The van der Waals surface area contributed by atoms with Crippen LogP contribution < -0.4 is 10.1 Å². The molecule has 1 aliphatic rings. The number of nitrogens with one attached hydrogen (secondary N) is 2. The zero-order valence-electron chi connectivity index (χ0n) is 15.9. The molecule has 2 N–H and O–H groups in total. The van der Waals surface area contributed by atoms with Crippen molar-refractivity contribution in [2.24, 2.45) is 5.92 Å². The van der Waals surface area contributed by atoms with E-state index >= 15 is 0 Å². The second kappa shape index (κ2) is 8.10. The lowest BCUT2D eigenvalue weighted by atomic mass is 10.2. The first-order valence-corrected chi connectivity index (χ1v) is 10.2. The van der Waals surface area contributed by atoms with E-state index in [9.17, 15) is 18.0 Å². The summed E-state index contributed by atoms with van der Waals surface area (Å²) in [5.41, 5.74) is 1.49. The first-order valence-electron chi connectivity index (χ1n) is 9.36. The molecule has 4 rings (SSSR count). The third-order valence-electron chi connectivity index (χ3n) is 4.77. The second-order valence-electron chi connectivity index (χ2n) is 7.13. The van der Waals surface area contributed by atoms with E-state index in [1.807, 2.05) is 18.2 Å². The number of rotatable bonds is 7. The van der Waals surface area contributed by atoms with Crippen molar-refractivity contribution in [2.75, 3.05) is 6.61 Å². The summed E-state index contributed by atoms with van der Waals surface area (Å²) in [6.45, 7) is 0.460. The highest BCUT2D eigenvalue weighted by Gasteiger charge is 2.46. The Balaban J connectivity index is 1.31. The number of hydrogen-bond donors (Lipinski definition) is 2. The van der Waals surface area contributed by atoms with E-state index in [1.165, 1.54) is 6.07 Å². The quantitative estimate of drug-likeness (QED) is 0.573. The van der Waals surface area contributed by atoms with E-state index in [0.717, 1.165) is 33.4 Å². The molecule has 0 aliphatic heterocycles. The number of ether oxygens (including phenoxy) is 1. The predicted molar refractivity (Wildman–Crippen MR) is 105 cm³/mol. The van der Waals surface area contributed by atoms with Crippen molar-refractivity contribution in [1.82, 2.24) is 20.3 Å². The molecule has 1 saturated carbocycles. The predicted octanol–water partition coefficient (Wildman–Crippen LogP) is 4.46. The summed E-state index contributed by atoms with van der Waals surface area (Å²) in [5.74, 6) is 0.483. The number of pyridine rings is 1. The standard InChI is InChI=1S/C20H19F3N4O2S/c1-11(16-5-6-17(30-16)29-10-20(21,22)23)26-19(28)13-8-12(13)18-25-9-15(27-18)14-4-2-3-7-24-14/h2-7,9,11-13H,8,10H2,1H3,(H,25,27)(H,26,28)/t11-,12-,13-/m1/s1. The number of nitrogens with zero attached hydrogens (tertiary/aromatic N) is 2.